The smallest absolute Gasteiger partial charge is 0.407 e. The molecule has 4 heterocycles. The summed E-state index contributed by atoms with van der Waals surface area (Å²) in [6.07, 6.45) is 2.64. The molecule has 2 atom stereocenters. The van der Waals surface area contributed by atoms with Gasteiger partial charge in [-0.2, -0.15) is 0 Å². The van der Waals surface area contributed by atoms with Gasteiger partial charge in [-0.1, -0.05) is 35.9 Å². The average Bonchev–Trinajstić information content (AvgIpc) is 2.75. The fraction of sp³-hybridized carbons (Fsp3) is 0.435. The van der Waals surface area contributed by atoms with E-state index in [1.807, 2.05) is 36.4 Å². The number of ether oxygens (including phenoxy) is 2. The molecule has 0 aromatic heterocycles. The molecular weight excluding hydrogens is 388 g/mol. The minimum Gasteiger partial charge on any atom is -0.493 e. The Morgan fingerprint density at radius 3 is 2.72 bits per heavy atom. The molecule has 4 aliphatic rings. The second kappa shape index (κ2) is 7.88. The number of nitrogens with zero attached hydrogens (tertiary/aromatic N) is 1. The van der Waals surface area contributed by atoms with Gasteiger partial charge in [-0.05, 0) is 55.6 Å². The van der Waals surface area contributed by atoms with E-state index in [1.165, 1.54) is 0 Å². The van der Waals surface area contributed by atoms with Gasteiger partial charge in [0.2, 0.25) is 0 Å². The topological polar surface area (TPSA) is 50.8 Å². The van der Waals surface area contributed by atoms with Crippen molar-refractivity contribution >= 4 is 17.7 Å². The first kappa shape index (κ1) is 18.8. The summed E-state index contributed by atoms with van der Waals surface area (Å²) < 4.78 is 11.6. The van der Waals surface area contributed by atoms with E-state index in [-0.39, 0.29) is 18.2 Å². The van der Waals surface area contributed by atoms with Crippen molar-refractivity contribution in [3.8, 4) is 16.9 Å². The van der Waals surface area contributed by atoms with Crippen LogP contribution in [0.25, 0.3) is 11.1 Å². The van der Waals surface area contributed by atoms with Crippen LogP contribution in [0.4, 0.5) is 4.79 Å². The minimum absolute atomic E-state index is 0.00581. The Labute approximate surface area is 175 Å². The molecule has 4 aliphatic heterocycles. The number of hydrogen-bond acceptors (Lipinski definition) is 4. The van der Waals surface area contributed by atoms with Gasteiger partial charge in [-0.15, -0.1) is 0 Å². The van der Waals surface area contributed by atoms with Gasteiger partial charge in [0, 0.05) is 29.1 Å². The summed E-state index contributed by atoms with van der Waals surface area (Å²) in [5.74, 6) is 1.31. The highest BCUT2D eigenvalue weighted by atomic mass is 35.5. The highest BCUT2D eigenvalue weighted by Crippen LogP contribution is 2.37. The van der Waals surface area contributed by atoms with Gasteiger partial charge < -0.3 is 14.8 Å². The van der Waals surface area contributed by atoms with Gasteiger partial charge in [-0.25, -0.2) is 4.79 Å². The second-order valence-electron chi connectivity index (χ2n) is 8.15. The number of amides is 1. The van der Waals surface area contributed by atoms with Crippen LogP contribution >= 0.6 is 11.6 Å². The molecule has 152 valence electrons. The Balaban J connectivity index is 1.33. The molecular formula is C23H25ClN2O3. The first-order valence-corrected chi connectivity index (χ1v) is 10.8. The summed E-state index contributed by atoms with van der Waals surface area (Å²) in [7, 11) is 0. The van der Waals surface area contributed by atoms with Crippen molar-refractivity contribution in [3.05, 3.63) is 53.1 Å². The predicted molar refractivity (Wildman–Crippen MR) is 112 cm³/mol. The van der Waals surface area contributed by atoms with Crippen LogP contribution in [-0.4, -0.2) is 43.3 Å². The van der Waals surface area contributed by atoms with E-state index in [0.29, 0.717) is 24.0 Å². The standard InChI is InChI=1S/C23H25ClN2O3/c24-19-4-2-1-3-17(19)16-5-6-21-18(13-16)20(9-12-28-21)25-23(27)29-22-14-26-10-7-15(22)8-11-26/h1-6,13,15,20,22H,7-12,14H2,(H,25,27)/t20?,22-/m0/s1. The van der Waals surface area contributed by atoms with Crippen molar-refractivity contribution in [1.82, 2.24) is 10.2 Å². The second-order valence-corrected chi connectivity index (χ2v) is 8.56. The third kappa shape index (κ3) is 3.81. The van der Waals surface area contributed by atoms with Crippen molar-refractivity contribution in [2.75, 3.05) is 26.2 Å². The molecule has 6 heteroatoms. The van der Waals surface area contributed by atoms with Crippen LogP contribution in [0.15, 0.2) is 42.5 Å². The molecule has 1 N–H and O–H groups in total. The summed E-state index contributed by atoms with van der Waals surface area (Å²) in [5, 5.41) is 3.79. The number of benzene rings is 2. The summed E-state index contributed by atoms with van der Waals surface area (Å²) in [4.78, 5) is 15.0. The van der Waals surface area contributed by atoms with E-state index < -0.39 is 0 Å². The van der Waals surface area contributed by atoms with E-state index in [1.54, 1.807) is 0 Å². The van der Waals surface area contributed by atoms with Crippen molar-refractivity contribution < 1.29 is 14.3 Å². The molecule has 0 aliphatic carbocycles. The Kier molecular flexibility index (Phi) is 5.10. The van der Waals surface area contributed by atoms with Gasteiger partial charge >= 0.3 is 6.09 Å². The van der Waals surface area contributed by atoms with E-state index in [0.717, 1.165) is 54.9 Å². The SMILES string of the molecule is O=C(NC1CCOc2ccc(-c3ccccc3Cl)cc21)O[C@H]1CN2CCC1CC2. The number of halogens is 1. The molecule has 6 rings (SSSR count). The van der Waals surface area contributed by atoms with Gasteiger partial charge in [0.1, 0.15) is 11.9 Å². The van der Waals surface area contributed by atoms with Gasteiger partial charge in [-0.3, -0.25) is 4.90 Å². The van der Waals surface area contributed by atoms with Crippen LogP contribution < -0.4 is 10.1 Å². The normalized spacial score (nSPS) is 27.6. The predicted octanol–water partition coefficient (Wildman–Crippen LogP) is 4.65. The molecule has 2 aromatic rings. The van der Waals surface area contributed by atoms with Gasteiger partial charge in [0.05, 0.1) is 12.6 Å². The van der Waals surface area contributed by atoms with Crippen LogP contribution in [0.3, 0.4) is 0 Å². The molecule has 2 aromatic carbocycles. The van der Waals surface area contributed by atoms with E-state index in [4.69, 9.17) is 21.1 Å². The first-order valence-electron chi connectivity index (χ1n) is 10.4. The Morgan fingerprint density at radius 2 is 1.97 bits per heavy atom. The molecule has 2 bridgehead atoms. The number of rotatable bonds is 3. The number of piperidine rings is 3. The number of alkyl carbamates (subject to hydrolysis) is 1. The summed E-state index contributed by atoms with van der Waals surface area (Å²) >= 11 is 6.38. The van der Waals surface area contributed by atoms with Crippen LogP contribution in [0.5, 0.6) is 5.75 Å². The molecule has 3 fully saturated rings. The van der Waals surface area contributed by atoms with Crippen molar-refractivity contribution in [2.24, 2.45) is 5.92 Å². The fourth-order valence-electron chi connectivity index (χ4n) is 4.77. The Hall–Kier alpha value is -2.24. The average molecular weight is 413 g/mol. The lowest BCUT2D eigenvalue weighted by Gasteiger charge is -2.44. The highest BCUT2D eigenvalue weighted by molar-refractivity contribution is 6.33. The lowest BCUT2D eigenvalue weighted by Crippen LogP contribution is -2.52. The molecule has 3 saturated heterocycles. The Morgan fingerprint density at radius 1 is 1.14 bits per heavy atom. The number of fused-ring (bicyclic) bond motifs is 4. The lowest BCUT2D eigenvalue weighted by molar-refractivity contribution is -0.0342. The van der Waals surface area contributed by atoms with E-state index in [2.05, 4.69) is 16.3 Å². The third-order valence-corrected chi connectivity index (χ3v) is 6.71. The molecule has 29 heavy (non-hydrogen) atoms. The third-order valence-electron chi connectivity index (χ3n) is 6.38. The summed E-state index contributed by atoms with van der Waals surface area (Å²) in [6.45, 7) is 3.69. The van der Waals surface area contributed by atoms with E-state index in [9.17, 15) is 4.79 Å². The maximum Gasteiger partial charge on any atom is 0.407 e. The van der Waals surface area contributed by atoms with Crippen molar-refractivity contribution in [3.63, 3.8) is 0 Å². The molecule has 1 unspecified atom stereocenters. The van der Waals surface area contributed by atoms with Crippen molar-refractivity contribution in [1.29, 1.82) is 0 Å². The maximum absolute atomic E-state index is 12.7. The largest absolute Gasteiger partial charge is 0.493 e. The molecule has 0 radical (unpaired) electrons. The van der Waals surface area contributed by atoms with Crippen molar-refractivity contribution in [2.45, 2.75) is 31.4 Å². The zero-order chi connectivity index (χ0) is 19.8. The van der Waals surface area contributed by atoms with Crippen LogP contribution in [0.2, 0.25) is 5.02 Å². The monoisotopic (exact) mass is 412 g/mol. The van der Waals surface area contributed by atoms with Crippen LogP contribution in [0, 0.1) is 5.92 Å². The molecule has 0 spiro atoms. The molecule has 0 saturated carbocycles. The quantitative estimate of drug-likeness (QED) is 0.797. The maximum atomic E-state index is 12.7. The lowest BCUT2D eigenvalue weighted by atomic mass is 9.86. The molecule has 5 nitrogen and oxygen atoms in total. The summed E-state index contributed by atoms with van der Waals surface area (Å²) in [5.41, 5.74) is 2.95. The van der Waals surface area contributed by atoms with Crippen LogP contribution in [-0.2, 0) is 4.74 Å². The fourth-order valence-corrected chi connectivity index (χ4v) is 5.01. The first-order chi connectivity index (χ1) is 14.2. The van der Waals surface area contributed by atoms with Gasteiger partial charge in [0.25, 0.3) is 0 Å². The van der Waals surface area contributed by atoms with Gasteiger partial charge in [0.15, 0.2) is 0 Å². The Bertz CT molecular complexity index is 911. The summed E-state index contributed by atoms with van der Waals surface area (Å²) in [6, 6.07) is 13.7. The highest BCUT2D eigenvalue weighted by Gasteiger charge is 2.37. The minimum atomic E-state index is -0.329. The zero-order valence-corrected chi connectivity index (χ0v) is 17.0. The number of carbonyl (C=O) groups excluding carboxylic acids is 1. The van der Waals surface area contributed by atoms with E-state index >= 15 is 0 Å². The number of nitrogens with one attached hydrogen (secondary N) is 1. The molecule has 1 amide bonds. The number of hydrogen-bond donors (Lipinski definition) is 1. The zero-order valence-electron chi connectivity index (χ0n) is 16.3. The van der Waals surface area contributed by atoms with Crippen LogP contribution in [0.1, 0.15) is 30.9 Å². The number of carbonyl (C=O) groups is 1.